The number of aromatic nitrogens is 1. The van der Waals surface area contributed by atoms with Crippen LogP contribution >= 0.6 is 11.3 Å². The van der Waals surface area contributed by atoms with Crippen LogP contribution in [0.4, 0.5) is 0 Å². The average molecular weight is 277 g/mol. The molecule has 0 bridgehead atoms. The summed E-state index contributed by atoms with van der Waals surface area (Å²) in [5.74, 6) is 0.832. The third-order valence-electron chi connectivity index (χ3n) is 2.94. The molecular weight excluding hydrogens is 258 g/mol. The van der Waals surface area contributed by atoms with E-state index in [1.165, 1.54) is 0 Å². The summed E-state index contributed by atoms with van der Waals surface area (Å²) in [5, 5.41) is 13.5. The van der Waals surface area contributed by atoms with Gasteiger partial charge in [0.05, 0.1) is 17.7 Å². The van der Waals surface area contributed by atoms with Crippen molar-refractivity contribution < 1.29 is 9.84 Å². The highest BCUT2D eigenvalue weighted by Gasteiger charge is 2.23. The van der Waals surface area contributed by atoms with Crippen LogP contribution in [0.1, 0.15) is 23.2 Å². The van der Waals surface area contributed by atoms with E-state index >= 15 is 0 Å². The number of aliphatic hydroxyl groups is 1. The Morgan fingerprint density at radius 2 is 1.95 bits per heavy atom. The molecule has 0 aliphatic carbocycles. The lowest BCUT2D eigenvalue weighted by Crippen LogP contribution is -2.30. The number of aryl methyl sites for hydroxylation is 1. The second-order valence-corrected chi connectivity index (χ2v) is 6.02. The molecule has 0 fully saturated rings. The molecule has 0 amide bonds. The van der Waals surface area contributed by atoms with Gasteiger partial charge in [0.1, 0.15) is 5.75 Å². The molecular formula is C15H19NO2S. The van der Waals surface area contributed by atoms with Crippen LogP contribution in [-0.4, -0.2) is 22.8 Å². The van der Waals surface area contributed by atoms with Gasteiger partial charge in [0.25, 0.3) is 0 Å². The zero-order chi connectivity index (χ0) is 13.9. The lowest BCUT2D eigenvalue weighted by molar-refractivity contribution is 0.0607. The molecule has 0 aliphatic rings. The Morgan fingerprint density at radius 3 is 2.47 bits per heavy atom. The molecule has 3 nitrogen and oxygen atoms in total. The summed E-state index contributed by atoms with van der Waals surface area (Å²) >= 11 is 1.60. The molecule has 1 heterocycles. The molecule has 19 heavy (non-hydrogen) atoms. The molecule has 1 aromatic carbocycles. The third-order valence-corrected chi connectivity index (χ3v) is 3.91. The van der Waals surface area contributed by atoms with E-state index in [0.717, 1.165) is 22.0 Å². The predicted octanol–water partition coefficient (Wildman–Crippen LogP) is 3.00. The van der Waals surface area contributed by atoms with Gasteiger partial charge in [-0.15, -0.1) is 11.3 Å². The number of methoxy groups -OCH3 is 1. The lowest BCUT2D eigenvalue weighted by atomic mass is 9.93. The van der Waals surface area contributed by atoms with Crippen LogP contribution in [0.15, 0.2) is 29.6 Å². The SMILES string of the molecule is COc1ccc(CC(C)(O)Cc2nc(C)cs2)cc1. The van der Waals surface area contributed by atoms with Crippen molar-refractivity contribution in [2.75, 3.05) is 7.11 Å². The summed E-state index contributed by atoms with van der Waals surface area (Å²) in [6.45, 7) is 3.83. The summed E-state index contributed by atoms with van der Waals surface area (Å²) in [6.07, 6.45) is 1.19. The number of ether oxygens (including phenoxy) is 1. The molecule has 0 saturated carbocycles. The highest BCUT2D eigenvalue weighted by molar-refractivity contribution is 7.09. The van der Waals surface area contributed by atoms with Crippen molar-refractivity contribution in [3.8, 4) is 5.75 Å². The predicted molar refractivity (Wildman–Crippen MR) is 77.9 cm³/mol. The van der Waals surface area contributed by atoms with Crippen LogP contribution in [0.3, 0.4) is 0 Å². The Hall–Kier alpha value is -1.39. The van der Waals surface area contributed by atoms with Gasteiger partial charge in [-0.1, -0.05) is 12.1 Å². The van der Waals surface area contributed by atoms with Crippen LogP contribution in [0.2, 0.25) is 0 Å². The minimum absolute atomic E-state index is 0.581. The molecule has 1 atom stereocenters. The molecule has 2 aromatic rings. The monoisotopic (exact) mass is 277 g/mol. The van der Waals surface area contributed by atoms with Crippen molar-refractivity contribution in [2.24, 2.45) is 0 Å². The van der Waals surface area contributed by atoms with Crippen LogP contribution in [0.25, 0.3) is 0 Å². The number of nitrogens with zero attached hydrogens (tertiary/aromatic N) is 1. The number of hydrogen-bond acceptors (Lipinski definition) is 4. The largest absolute Gasteiger partial charge is 0.497 e. The van der Waals surface area contributed by atoms with Crippen LogP contribution in [-0.2, 0) is 12.8 Å². The van der Waals surface area contributed by atoms with E-state index < -0.39 is 5.60 Å². The van der Waals surface area contributed by atoms with Gasteiger partial charge in [-0.25, -0.2) is 4.98 Å². The Labute approximate surface area is 117 Å². The van der Waals surface area contributed by atoms with E-state index in [0.29, 0.717) is 12.8 Å². The van der Waals surface area contributed by atoms with E-state index in [9.17, 15) is 5.11 Å². The molecule has 4 heteroatoms. The smallest absolute Gasteiger partial charge is 0.118 e. The fourth-order valence-corrected chi connectivity index (χ4v) is 3.01. The van der Waals surface area contributed by atoms with Gasteiger partial charge in [-0.05, 0) is 31.5 Å². The molecule has 0 aliphatic heterocycles. The number of hydrogen-bond donors (Lipinski definition) is 1. The maximum atomic E-state index is 10.5. The van der Waals surface area contributed by atoms with Gasteiger partial charge in [-0.2, -0.15) is 0 Å². The molecule has 1 aromatic heterocycles. The first-order valence-corrected chi connectivity index (χ1v) is 7.13. The standard InChI is InChI=1S/C15H19NO2S/c1-11-10-19-14(16-11)9-15(2,17)8-12-4-6-13(18-3)7-5-12/h4-7,10,17H,8-9H2,1-3H3. The zero-order valence-corrected chi connectivity index (χ0v) is 12.3. The van der Waals surface area contributed by atoms with Crippen molar-refractivity contribution in [3.63, 3.8) is 0 Å². The average Bonchev–Trinajstić information content (AvgIpc) is 2.74. The van der Waals surface area contributed by atoms with E-state index in [1.54, 1.807) is 18.4 Å². The van der Waals surface area contributed by atoms with Crippen molar-refractivity contribution in [1.82, 2.24) is 4.98 Å². The Bertz CT molecular complexity index is 531. The van der Waals surface area contributed by atoms with Crippen molar-refractivity contribution in [1.29, 1.82) is 0 Å². The minimum Gasteiger partial charge on any atom is -0.497 e. The highest BCUT2D eigenvalue weighted by atomic mass is 32.1. The fourth-order valence-electron chi connectivity index (χ4n) is 2.06. The summed E-state index contributed by atoms with van der Waals surface area (Å²) in [7, 11) is 1.65. The maximum absolute atomic E-state index is 10.5. The summed E-state index contributed by atoms with van der Waals surface area (Å²) in [6, 6.07) is 7.80. The van der Waals surface area contributed by atoms with Crippen molar-refractivity contribution >= 4 is 11.3 Å². The van der Waals surface area contributed by atoms with E-state index in [1.807, 2.05) is 43.5 Å². The number of benzene rings is 1. The molecule has 2 rings (SSSR count). The molecule has 1 N–H and O–H groups in total. The van der Waals surface area contributed by atoms with Gasteiger partial charge in [0, 0.05) is 23.9 Å². The first-order chi connectivity index (χ1) is 8.98. The van der Waals surface area contributed by atoms with Gasteiger partial charge in [-0.3, -0.25) is 0 Å². The van der Waals surface area contributed by atoms with Crippen LogP contribution < -0.4 is 4.74 Å². The minimum atomic E-state index is -0.779. The normalized spacial score (nSPS) is 14.1. The summed E-state index contributed by atoms with van der Waals surface area (Å²) in [4.78, 5) is 4.40. The van der Waals surface area contributed by atoms with Crippen LogP contribution in [0, 0.1) is 6.92 Å². The van der Waals surface area contributed by atoms with Crippen LogP contribution in [0.5, 0.6) is 5.75 Å². The number of rotatable bonds is 5. The van der Waals surface area contributed by atoms with E-state index in [4.69, 9.17) is 4.74 Å². The molecule has 1 unspecified atom stereocenters. The Kier molecular flexibility index (Phi) is 4.22. The van der Waals surface area contributed by atoms with Gasteiger partial charge < -0.3 is 9.84 Å². The zero-order valence-electron chi connectivity index (χ0n) is 11.5. The summed E-state index contributed by atoms with van der Waals surface area (Å²) < 4.78 is 5.13. The van der Waals surface area contributed by atoms with Crippen molar-refractivity contribution in [2.45, 2.75) is 32.3 Å². The van der Waals surface area contributed by atoms with Crippen molar-refractivity contribution in [3.05, 3.63) is 45.9 Å². The Morgan fingerprint density at radius 1 is 1.26 bits per heavy atom. The van der Waals surface area contributed by atoms with Gasteiger partial charge in [0.15, 0.2) is 0 Å². The summed E-state index contributed by atoms with van der Waals surface area (Å²) in [5.41, 5.74) is 1.33. The second kappa shape index (κ2) is 5.72. The first kappa shape index (κ1) is 14.0. The highest BCUT2D eigenvalue weighted by Crippen LogP contribution is 2.22. The lowest BCUT2D eigenvalue weighted by Gasteiger charge is -2.22. The second-order valence-electron chi connectivity index (χ2n) is 5.08. The van der Waals surface area contributed by atoms with E-state index in [2.05, 4.69) is 4.98 Å². The van der Waals surface area contributed by atoms with Gasteiger partial charge >= 0.3 is 0 Å². The molecule has 0 spiro atoms. The number of thiazole rings is 1. The third kappa shape index (κ3) is 4.04. The Balaban J connectivity index is 2.03. The van der Waals surface area contributed by atoms with Gasteiger partial charge in [0.2, 0.25) is 0 Å². The topological polar surface area (TPSA) is 42.4 Å². The quantitative estimate of drug-likeness (QED) is 0.913. The molecule has 102 valence electrons. The maximum Gasteiger partial charge on any atom is 0.118 e. The fraction of sp³-hybridized carbons (Fsp3) is 0.400. The van der Waals surface area contributed by atoms with E-state index in [-0.39, 0.29) is 0 Å². The first-order valence-electron chi connectivity index (χ1n) is 6.25. The molecule has 0 saturated heterocycles. The molecule has 0 radical (unpaired) electrons.